The number of benzene rings is 1. The van der Waals surface area contributed by atoms with E-state index in [0.29, 0.717) is 35.1 Å². The van der Waals surface area contributed by atoms with Crippen LogP contribution in [-0.2, 0) is 4.79 Å². The Morgan fingerprint density at radius 3 is 2.53 bits per heavy atom. The van der Waals surface area contributed by atoms with Crippen molar-refractivity contribution in [2.24, 2.45) is 11.8 Å². The molecule has 1 amide bonds. The molecule has 3 heterocycles. The van der Waals surface area contributed by atoms with Crippen LogP contribution in [0.25, 0.3) is 15.9 Å². The Morgan fingerprint density at radius 1 is 1.20 bits per heavy atom. The number of likely N-dealkylation sites (tertiary alicyclic amines) is 1. The van der Waals surface area contributed by atoms with E-state index in [0.717, 1.165) is 36.4 Å². The fourth-order valence-electron chi connectivity index (χ4n) is 3.97. The van der Waals surface area contributed by atoms with Crippen molar-refractivity contribution in [1.82, 2.24) is 14.5 Å². The largest absolute Gasteiger partial charge is 0.341 e. The van der Waals surface area contributed by atoms with Gasteiger partial charge in [-0.1, -0.05) is 25.6 Å². The van der Waals surface area contributed by atoms with Gasteiger partial charge in [-0.05, 0) is 41.8 Å². The fraction of sp³-hybridized carbons (Fsp3) is 0.381. The van der Waals surface area contributed by atoms with Crippen LogP contribution in [0.1, 0.15) is 20.3 Å². The minimum Gasteiger partial charge on any atom is -0.341 e. The number of fused-ring (bicyclic) bond motifs is 1. The first kappa shape index (κ1) is 21.0. The van der Waals surface area contributed by atoms with E-state index in [1.54, 1.807) is 11.4 Å². The lowest BCUT2D eigenvalue weighted by molar-refractivity contribution is -0.130. The Hall–Kier alpha value is -2.26. The highest BCUT2D eigenvalue weighted by molar-refractivity contribution is 7.99. The highest BCUT2D eigenvalue weighted by Crippen LogP contribution is 2.26. The zero-order valence-corrected chi connectivity index (χ0v) is 18.2. The van der Waals surface area contributed by atoms with Gasteiger partial charge >= 0.3 is 0 Å². The van der Waals surface area contributed by atoms with E-state index in [4.69, 9.17) is 0 Å². The molecular formula is C21H21F2N3O2S2. The maximum absolute atomic E-state index is 13.8. The predicted molar refractivity (Wildman–Crippen MR) is 115 cm³/mol. The van der Waals surface area contributed by atoms with E-state index in [2.05, 4.69) is 18.8 Å². The average molecular weight is 450 g/mol. The molecule has 0 aliphatic carbocycles. The monoisotopic (exact) mass is 449 g/mol. The van der Waals surface area contributed by atoms with Crippen LogP contribution in [0.3, 0.4) is 0 Å². The minimum absolute atomic E-state index is 0.0324. The molecule has 0 saturated carbocycles. The van der Waals surface area contributed by atoms with Crippen molar-refractivity contribution < 1.29 is 13.6 Å². The van der Waals surface area contributed by atoms with E-state index in [1.807, 2.05) is 4.90 Å². The summed E-state index contributed by atoms with van der Waals surface area (Å²) in [5.74, 6) is -0.625. The Kier molecular flexibility index (Phi) is 5.92. The summed E-state index contributed by atoms with van der Waals surface area (Å²) < 4.78 is 29.2. The van der Waals surface area contributed by atoms with Gasteiger partial charge in [0.1, 0.15) is 16.3 Å². The third kappa shape index (κ3) is 4.27. The van der Waals surface area contributed by atoms with Crippen LogP contribution in [0.2, 0.25) is 0 Å². The molecule has 9 heteroatoms. The minimum atomic E-state index is -0.786. The molecule has 1 aromatic carbocycles. The number of carbonyl (C=O) groups excluding carboxylic acids is 1. The second-order valence-corrected chi connectivity index (χ2v) is 9.69. The molecule has 0 N–H and O–H groups in total. The summed E-state index contributed by atoms with van der Waals surface area (Å²) in [6, 6.07) is 4.65. The number of halogens is 2. The van der Waals surface area contributed by atoms with E-state index >= 15 is 0 Å². The lowest BCUT2D eigenvalue weighted by atomic mass is 9.92. The fourth-order valence-corrected chi connectivity index (χ4v) is 5.64. The SMILES string of the molecule is C[C@@H]1C[C@H](C)CN(C(=O)CSc2nc3ccsc3c(=O)n2-c2cc(F)cc(F)c2)C1. The average Bonchev–Trinajstić information content (AvgIpc) is 3.13. The van der Waals surface area contributed by atoms with Crippen LogP contribution in [0.5, 0.6) is 0 Å². The first-order chi connectivity index (χ1) is 14.3. The Balaban J connectivity index is 1.68. The lowest BCUT2D eigenvalue weighted by Crippen LogP contribution is -2.43. The van der Waals surface area contributed by atoms with Crippen LogP contribution in [0.15, 0.2) is 39.6 Å². The number of carbonyl (C=O) groups is 1. The quantitative estimate of drug-likeness (QED) is 0.440. The first-order valence-corrected chi connectivity index (χ1v) is 11.6. The van der Waals surface area contributed by atoms with Crippen molar-refractivity contribution in [3.8, 4) is 5.69 Å². The Labute approximate surface area is 180 Å². The maximum Gasteiger partial charge on any atom is 0.276 e. The topological polar surface area (TPSA) is 55.2 Å². The second kappa shape index (κ2) is 8.47. The molecule has 0 unspecified atom stereocenters. The van der Waals surface area contributed by atoms with Crippen molar-refractivity contribution >= 4 is 39.2 Å². The van der Waals surface area contributed by atoms with Crippen LogP contribution in [0.4, 0.5) is 8.78 Å². The molecule has 2 atom stereocenters. The zero-order chi connectivity index (χ0) is 21.4. The Bertz CT molecular complexity index is 1130. The molecule has 2 aromatic heterocycles. The molecular weight excluding hydrogens is 428 g/mol. The van der Waals surface area contributed by atoms with Crippen molar-refractivity contribution in [3.63, 3.8) is 0 Å². The summed E-state index contributed by atoms with van der Waals surface area (Å²) in [4.78, 5) is 32.2. The van der Waals surface area contributed by atoms with Gasteiger partial charge in [0.25, 0.3) is 5.56 Å². The van der Waals surface area contributed by atoms with E-state index in [1.165, 1.54) is 15.9 Å². The smallest absolute Gasteiger partial charge is 0.276 e. The van der Waals surface area contributed by atoms with Gasteiger partial charge in [-0.15, -0.1) is 11.3 Å². The van der Waals surface area contributed by atoms with Gasteiger partial charge in [0.2, 0.25) is 5.91 Å². The van der Waals surface area contributed by atoms with Crippen molar-refractivity contribution in [2.45, 2.75) is 25.4 Å². The number of thioether (sulfide) groups is 1. The van der Waals surface area contributed by atoms with Gasteiger partial charge in [-0.2, -0.15) is 0 Å². The van der Waals surface area contributed by atoms with E-state index < -0.39 is 17.2 Å². The highest BCUT2D eigenvalue weighted by atomic mass is 32.2. The van der Waals surface area contributed by atoms with Crippen LogP contribution >= 0.6 is 23.1 Å². The lowest BCUT2D eigenvalue weighted by Gasteiger charge is -2.35. The first-order valence-electron chi connectivity index (χ1n) is 9.69. The molecule has 1 aliphatic heterocycles. The molecule has 3 aromatic rings. The number of nitrogens with zero attached hydrogens (tertiary/aromatic N) is 3. The van der Waals surface area contributed by atoms with E-state index in [9.17, 15) is 18.4 Å². The molecule has 1 fully saturated rings. The number of hydrogen-bond donors (Lipinski definition) is 0. The van der Waals surface area contributed by atoms with Gasteiger partial charge in [0.15, 0.2) is 5.16 Å². The van der Waals surface area contributed by atoms with Crippen LogP contribution < -0.4 is 5.56 Å². The van der Waals surface area contributed by atoms with E-state index in [-0.39, 0.29) is 22.5 Å². The number of amides is 1. The normalized spacial score (nSPS) is 19.4. The van der Waals surface area contributed by atoms with Gasteiger partial charge in [0.05, 0.1) is 17.0 Å². The molecule has 5 nitrogen and oxygen atoms in total. The number of piperidine rings is 1. The zero-order valence-electron chi connectivity index (χ0n) is 16.6. The summed E-state index contributed by atoms with van der Waals surface area (Å²) in [7, 11) is 0. The number of hydrogen-bond acceptors (Lipinski definition) is 5. The summed E-state index contributed by atoms with van der Waals surface area (Å²) in [6.07, 6.45) is 1.10. The number of aromatic nitrogens is 2. The van der Waals surface area contributed by atoms with Crippen molar-refractivity contribution in [1.29, 1.82) is 0 Å². The summed E-state index contributed by atoms with van der Waals surface area (Å²) in [6.45, 7) is 5.68. The summed E-state index contributed by atoms with van der Waals surface area (Å²) >= 11 is 2.33. The summed E-state index contributed by atoms with van der Waals surface area (Å²) in [5.41, 5.74) is 0.152. The third-order valence-corrected chi connectivity index (χ3v) is 6.92. The third-order valence-electron chi connectivity index (χ3n) is 5.10. The molecule has 30 heavy (non-hydrogen) atoms. The van der Waals surface area contributed by atoms with Gasteiger partial charge in [-0.25, -0.2) is 13.8 Å². The number of rotatable bonds is 4. The van der Waals surface area contributed by atoms with Crippen molar-refractivity contribution in [3.05, 3.63) is 51.6 Å². The second-order valence-electron chi connectivity index (χ2n) is 7.83. The standard InChI is InChI=1S/C21H21F2N3O2S2/c1-12-5-13(2)10-25(9-12)18(27)11-30-21-24-17-3-4-29-19(17)20(28)26(21)16-7-14(22)6-15(23)8-16/h3-4,6-8,12-13H,5,9-11H2,1-2H3/t12-,13+. The Morgan fingerprint density at radius 2 is 1.87 bits per heavy atom. The summed E-state index contributed by atoms with van der Waals surface area (Å²) in [5, 5.41) is 1.98. The molecule has 1 aliphatic rings. The van der Waals surface area contributed by atoms with Crippen LogP contribution in [0, 0.1) is 23.5 Å². The molecule has 0 spiro atoms. The van der Waals surface area contributed by atoms with Gasteiger partial charge in [-0.3, -0.25) is 14.2 Å². The molecule has 4 rings (SSSR count). The van der Waals surface area contributed by atoms with Gasteiger partial charge in [0, 0.05) is 19.2 Å². The molecule has 1 saturated heterocycles. The maximum atomic E-state index is 13.8. The molecule has 0 radical (unpaired) electrons. The molecule has 0 bridgehead atoms. The molecule has 158 valence electrons. The highest BCUT2D eigenvalue weighted by Gasteiger charge is 2.26. The van der Waals surface area contributed by atoms with Crippen LogP contribution in [-0.4, -0.2) is 39.2 Å². The van der Waals surface area contributed by atoms with Gasteiger partial charge < -0.3 is 4.90 Å². The van der Waals surface area contributed by atoms with Crippen molar-refractivity contribution in [2.75, 3.05) is 18.8 Å². The predicted octanol–water partition coefficient (Wildman–Crippen LogP) is 4.32. The number of thiophene rings is 1.